The summed E-state index contributed by atoms with van der Waals surface area (Å²) in [6.07, 6.45) is 4.91. The molecule has 3 unspecified atom stereocenters. The van der Waals surface area contributed by atoms with Crippen molar-refractivity contribution in [3.05, 3.63) is 53.5 Å². The molecular formula is C29H34F3N7O2. The Hall–Kier alpha value is -3.38. The third-order valence-corrected chi connectivity index (χ3v) is 9.43. The second-order valence-electron chi connectivity index (χ2n) is 11.7. The summed E-state index contributed by atoms with van der Waals surface area (Å²) in [5.74, 6) is 0.456. The molecular weight excluding hydrogens is 535 g/mol. The molecule has 9 nitrogen and oxygen atoms in total. The highest BCUT2D eigenvalue weighted by molar-refractivity contribution is 5.87. The maximum atomic E-state index is 14.4. The summed E-state index contributed by atoms with van der Waals surface area (Å²) in [5, 5.41) is 4.40. The van der Waals surface area contributed by atoms with Gasteiger partial charge in [-0.05, 0) is 25.0 Å². The highest BCUT2D eigenvalue weighted by Gasteiger charge is 2.53. The molecule has 1 spiro atoms. The molecule has 7 heterocycles. The lowest BCUT2D eigenvalue weighted by Crippen LogP contribution is -2.69. The van der Waals surface area contributed by atoms with Gasteiger partial charge in [0.2, 0.25) is 5.91 Å². The van der Waals surface area contributed by atoms with Gasteiger partial charge in [-0.25, -0.2) is 18.2 Å². The van der Waals surface area contributed by atoms with Crippen LogP contribution in [-0.2, 0) is 15.1 Å². The second kappa shape index (κ2) is 9.87. The molecule has 41 heavy (non-hydrogen) atoms. The molecule has 1 amide bonds. The van der Waals surface area contributed by atoms with E-state index in [4.69, 9.17) is 4.74 Å². The van der Waals surface area contributed by atoms with E-state index < -0.39 is 24.7 Å². The van der Waals surface area contributed by atoms with Crippen molar-refractivity contribution < 1.29 is 22.7 Å². The van der Waals surface area contributed by atoms with E-state index in [1.165, 1.54) is 6.08 Å². The summed E-state index contributed by atoms with van der Waals surface area (Å²) in [6, 6.07) is 1.93. The van der Waals surface area contributed by atoms with Crippen molar-refractivity contribution in [2.45, 2.75) is 43.5 Å². The lowest BCUT2D eigenvalue weighted by Gasteiger charge is -2.55. The summed E-state index contributed by atoms with van der Waals surface area (Å²) >= 11 is 0. The second-order valence-corrected chi connectivity index (χ2v) is 11.7. The topological polar surface area (TPSA) is 70.0 Å². The number of fused-ring (bicyclic) bond motifs is 5. The smallest absolute Gasteiger partial charge is 0.281 e. The van der Waals surface area contributed by atoms with Crippen molar-refractivity contribution in [2.24, 2.45) is 0 Å². The van der Waals surface area contributed by atoms with Crippen LogP contribution in [0.5, 0.6) is 0 Å². The number of carbonyl (C=O) groups excluding carboxylic acids is 1. The van der Waals surface area contributed by atoms with Crippen molar-refractivity contribution in [2.75, 3.05) is 68.9 Å². The zero-order valence-corrected chi connectivity index (χ0v) is 23.1. The van der Waals surface area contributed by atoms with Crippen LogP contribution in [0.3, 0.4) is 0 Å². The van der Waals surface area contributed by atoms with Crippen LogP contribution in [-0.4, -0.2) is 102 Å². The molecule has 2 aromatic heterocycles. The Morgan fingerprint density at radius 2 is 2.02 bits per heavy atom. The van der Waals surface area contributed by atoms with Crippen LogP contribution in [0.1, 0.15) is 41.4 Å². The van der Waals surface area contributed by atoms with Crippen molar-refractivity contribution in [1.29, 1.82) is 0 Å². The highest BCUT2D eigenvalue weighted by atomic mass is 19.3. The normalized spacial score (nSPS) is 26.7. The minimum Gasteiger partial charge on any atom is -0.364 e. The number of alkyl halides is 3. The molecule has 0 N–H and O–H groups in total. The molecule has 5 aliphatic rings. The van der Waals surface area contributed by atoms with Gasteiger partial charge >= 0.3 is 0 Å². The third kappa shape index (κ3) is 4.09. The quantitative estimate of drug-likeness (QED) is 0.513. The van der Waals surface area contributed by atoms with Gasteiger partial charge < -0.3 is 19.4 Å². The lowest BCUT2D eigenvalue weighted by atomic mass is 9.86. The molecule has 12 heteroatoms. The molecule has 0 aromatic carbocycles. The summed E-state index contributed by atoms with van der Waals surface area (Å²) in [4.78, 5) is 24.9. The van der Waals surface area contributed by atoms with E-state index in [0.717, 1.165) is 43.0 Å². The molecule has 0 saturated carbocycles. The molecule has 3 saturated heterocycles. The highest BCUT2D eigenvalue weighted by Crippen LogP contribution is 2.47. The minimum absolute atomic E-state index is 0.0426. The van der Waals surface area contributed by atoms with E-state index in [1.807, 2.05) is 28.9 Å². The van der Waals surface area contributed by atoms with Gasteiger partial charge in [0.1, 0.15) is 29.8 Å². The van der Waals surface area contributed by atoms with Gasteiger partial charge in [-0.2, -0.15) is 5.10 Å². The summed E-state index contributed by atoms with van der Waals surface area (Å²) in [5.41, 5.74) is 2.18. The lowest BCUT2D eigenvalue weighted by molar-refractivity contribution is -0.128. The number of rotatable bonds is 5. The summed E-state index contributed by atoms with van der Waals surface area (Å²) < 4.78 is 50.3. The standard InChI is InChI=1S/C29H34F3N7O2/c1-3-25(40)36-9-7-35(8-10-36)23-14-38-21(23)6-4-5-20-22(38)11-24(34-26(20)28(31)32)37-16-29(17-37)27-18(2)13-33-39(27)19(12-30)15-41-29/h3-5,11,13,19,21,23,28H,1,6-10,12,14-17H2,2H3. The first-order chi connectivity index (χ1) is 19.8. The predicted molar refractivity (Wildman–Crippen MR) is 148 cm³/mol. The molecule has 0 bridgehead atoms. The molecule has 5 aliphatic heterocycles. The monoisotopic (exact) mass is 569 g/mol. The van der Waals surface area contributed by atoms with Gasteiger partial charge in [0.05, 0.1) is 37.3 Å². The third-order valence-electron chi connectivity index (χ3n) is 9.43. The fourth-order valence-corrected chi connectivity index (χ4v) is 7.23. The van der Waals surface area contributed by atoms with Crippen LogP contribution < -0.4 is 9.80 Å². The van der Waals surface area contributed by atoms with Gasteiger partial charge in [-0.1, -0.05) is 18.7 Å². The van der Waals surface area contributed by atoms with Crippen molar-refractivity contribution in [1.82, 2.24) is 24.6 Å². The number of nitrogens with zero attached hydrogens (tertiary/aromatic N) is 7. The number of anilines is 2. The first kappa shape index (κ1) is 26.5. The average Bonchev–Trinajstić information content (AvgIpc) is 3.28. The zero-order valence-electron chi connectivity index (χ0n) is 23.1. The Morgan fingerprint density at radius 3 is 2.73 bits per heavy atom. The number of aryl methyl sites for hydroxylation is 1. The van der Waals surface area contributed by atoms with E-state index >= 15 is 0 Å². The Labute approximate surface area is 236 Å². The van der Waals surface area contributed by atoms with Gasteiger partial charge in [0.15, 0.2) is 0 Å². The molecule has 0 aliphatic carbocycles. The van der Waals surface area contributed by atoms with Gasteiger partial charge in [-0.15, -0.1) is 0 Å². The zero-order chi connectivity index (χ0) is 28.5. The van der Waals surface area contributed by atoms with Crippen LogP contribution in [0.2, 0.25) is 0 Å². The first-order valence-corrected chi connectivity index (χ1v) is 14.2. The number of ether oxygens (including phenoxy) is 1. The van der Waals surface area contributed by atoms with Crippen LogP contribution in [0, 0.1) is 6.92 Å². The Morgan fingerprint density at radius 1 is 1.24 bits per heavy atom. The van der Waals surface area contributed by atoms with Gasteiger partial charge in [-0.3, -0.25) is 14.4 Å². The number of amides is 1. The van der Waals surface area contributed by atoms with Crippen LogP contribution in [0.25, 0.3) is 6.08 Å². The number of aromatic nitrogens is 3. The summed E-state index contributed by atoms with van der Waals surface area (Å²) in [6.45, 7) is 9.66. The van der Waals surface area contributed by atoms with E-state index in [0.29, 0.717) is 37.6 Å². The van der Waals surface area contributed by atoms with Crippen molar-refractivity contribution in [3.63, 3.8) is 0 Å². The molecule has 0 radical (unpaired) electrons. The summed E-state index contributed by atoms with van der Waals surface area (Å²) in [7, 11) is 0. The molecule has 7 rings (SSSR count). The fourth-order valence-electron chi connectivity index (χ4n) is 7.23. The number of pyridine rings is 1. The van der Waals surface area contributed by atoms with E-state index in [1.54, 1.807) is 17.0 Å². The van der Waals surface area contributed by atoms with E-state index in [9.17, 15) is 18.0 Å². The number of piperazine rings is 1. The van der Waals surface area contributed by atoms with Crippen molar-refractivity contribution in [3.8, 4) is 0 Å². The molecule has 2 aromatic rings. The van der Waals surface area contributed by atoms with Gasteiger partial charge in [0.25, 0.3) is 6.43 Å². The Kier molecular flexibility index (Phi) is 6.38. The number of carbonyl (C=O) groups is 1. The van der Waals surface area contributed by atoms with E-state index in [-0.39, 0.29) is 30.3 Å². The van der Waals surface area contributed by atoms with Crippen LogP contribution >= 0.6 is 0 Å². The number of hydrogen-bond donors (Lipinski definition) is 0. The molecule has 218 valence electrons. The molecule has 3 fully saturated rings. The number of halogens is 3. The van der Waals surface area contributed by atoms with Crippen LogP contribution in [0.15, 0.2) is 31.0 Å². The Balaban J connectivity index is 1.13. The largest absolute Gasteiger partial charge is 0.364 e. The van der Waals surface area contributed by atoms with Gasteiger partial charge in [0, 0.05) is 56.4 Å². The average molecular weight is 570 g/mol. The predicted octanol–water partition coefficient (Wildman–Crippen LogP) is 3.08. The fraction of sp³-hybridized carbons (Fsp3) is 0.552. The molecule has 3 atom stereocenters. The van der Waals surface area contributed by atoms with Crippen LogP contribution in [0.4, 0.5) is 24.7 Å². The Bertz CT molecular complexity index is 1400. The maximum Gasteiger partial charge on any atom is 0.281 e. The van der Waals surface area contributed by atoms with E-state index in [2.05, 4.69) is 26.5 Å². The van der Waals surface area contributed by atoms with Crippen molar-refractivity contribution >= 4 is 23.5 Å². The first-order valence-electron chi connectivity index (χ1n) is 14.2. The number of hydrogen-bond acceptors (Lipinski definition) is 7. The SMILES string of the molecule is C=CC(=O)N1CCN(C2CN3c4cc(N5CC6(C5)OCC(CF)n5ncc(C)c56)nc(C(F)F)c4C=CCC23)CC1. The minimum atomic E-state index is -2.72. The maximum absolute atomic E-state index is 14.4.